The van der Waals surface area contributed by atoms with E-state index in [0.717, 1.165) is 51.0 Å². The lowest BCUT2D eigenvalue weighted by atomic mass is 9.86. The zero-order chi connectivity index (χ0) is 14.9. The van der Waals surface area contributed by atoms with Gasteiger partial charge in [-0.1, -0.05) is 12.1 Å². The molecule has 2 N–H and O–H groups in total. The molecule has 1 atom stereocenters. The van der Waals surface area contributed by atoms with Gasteiger partial charge in [-0.05, 0) is 30.5 Å². The standard InChI is InChI=1S/C16H21N3O2/c17-14-3-1-13(2-4-14)9-15(21)19-8-6-16(11-19)5-7-18(10-16)12-20/h1-4,12H,5-11,17H2. The number of likely N-dealkylation sites (tertiary alicyclic amines) is 2. The maximum absolute atomic E-state index is 12.4. The number of carbonyl (C=O) groups is 2. The molecule has 2 aliphatic rings. The molecule has 2 heterocycles. The third-order valence-corrected chi connectivity index (χ3v) is 4.74. The highest BCUT2D eigenvalue weighted by Crippen LogP contribution is 2.39. The Bertz CT molecular complexity index is 543. The van der Waals surface area contributed by atoms with Crippen molar-refractivity contribution in [1.29, 1.82) is 0 Å². The molecule has 0 radical (unpaired) electrons. The lowest BCUT2D eigenvalue weighted by Gasteiger charge is -2.23. The smallest absolute Gasteiger partial charge is 0.227 e. The van der Waals surface area contributed by atoms with Gasteiger partial charge in [-0.3, -0.25) is 9.59 Å². The molecule has 21 heavy (non-hydrogen) atoms. The third kappa shape index (κ3) is 2.86. The van der Waals surface area contributed by atoms with E-state index < -0.39 is 0 Å². The monoisotopic (exact) mass is 287 g/mol. The van der Waals surface area contributed by atoms with Gasteiger partial charge >= 0.3 is 0 Å². The Morgan fingerprint density at radius 2 is 1.90 bits per heavy atom. The van der Waals surface area contributed by atoms with Gasteiger partial charge in [0.25, 0.3) is 0 Å². The van der Waals surface area contributed by atoms with Crippen LogP contribution in [0.2, 0.25) is 0 Å². The van der Waals surface area contributed by atoms with Gasteiger partial charge in [0, 0.05) is 37.3 Å². The van der Waals surface area contributed by atoms with E-state index in [4.69, 9.17) is 5.73 Å². The van der Waals surface area contributed by atoms with Crippen LogP contribution in [0.15, 0.2) is 24.3 Å². The van der Waals surface area contributed by atoms with E-state index in [1.54, 1.807) is 0 Å². The summed E-state index contributed by atoms with van der Waals surface area (Å²) in [5.41, 5.74) is 7.50. The highest BCUT2D eigenvalue weighted by Gasteiger charge is 2.44. The molecule has 3 rings (SSSR count). The van der Waals surface area contributed by atoms with Crippen molar-refractivity contribution in [3.05, 3.63) is 29.8 Å². The molecule has 5 heteroatoms. The molecule has 1 aromatic carbocycles. The Morgan fingerprint density at radius 3 is 2.57 bits per heavy atom. The SMILES string of the molecule is Nc1ccc(CC(=O)N2CCC3(CCN(C=O)C3)C2)cc1. The number of hydrogen-bond acceptors (Lipinski definition) is 3. The lowest BCUT2D eigenvalue weighted by Crippen LogP contribution is -2.34. The molecule has 112 valence electrons. The van der Waals surface area contributed by atoms with E-state index in [0.29, 0.717) is 12.1 Å². The average Bonchev–Trinajstić information content (AvgIpc) is 3.09. The highest BCUT2D eigenvalue weighted by molar-refractivity contribution is 5.79. The van der Waals surface area contributed by atoms with Crippen molar-refractivity contribution < 1.29 is 9.59 Å². The lowest BCUT2D eigenvalue weighted by molar-refractivity contribution is -0.129. The number of nitrogen functional groups attached to an aromatic ring is 1. The predicted octanol–water partition coefficient (Wildman–Crippen LogP) is 0.892. The molecule has 0 bridgehead atoms. The van der Waals surface area contributed by atoms with Crippen molar-refractivity contribution in [1.82, 2.24) is 9.80 Å². The summed E-state index contributed by atoms with van der Waals surface area (Å²) in [7, 11) is 0. The Labute approximate surface area is 124 Å². The van der Waals surface area contributed by atoms with Gasteiger partial charge in [0.05, 0.1) is 6.42 Å². The molecule has 1 unspecified atom stereocenters. The summed E-state index contributed by atoms with van der Waals surface area (Å²) >= 11 is 0. The minimum absolute atomic E-state index is 0.137. The summed E-state index contributed by atoms with van der Waals surface area (Å²) < 4.78 is 0. The van der Waals surface area contributed by atoms with Crippen LogP contribution in [-0.4, -0.2) is 48.3 Å². The van der Waals surface area contributed by atoms with Crippen LogP contribution in [0.3, 0.4) is 0 Å². The Morgan fingerprint density at radius 1 is 1.19 bits per heavy atom. The first-order valence-electron chi connectivity index (χ1n) is 7.42. The second-order valence-corrected chi connectivity index (χ2v) is 6.31. The van der Waals surface area contributed by atoms with Gasteiger partial charge in [0.15, 0.2) is 0 Å². The molecular formula is C16H21N3O2. The molecule has 0 saturated carbocycles. The van der Waals surface area contributed by atoms with E-state index in [-0.39, 0.29) is 11.3 Å². The zero-order valence-electron chi connectivity index (χ0n) is 12.1. The molecule has 2 fully saturated rings. The molecule has 1 aromatic rings. The number of amides is 2. The van der Waals surface area contributed by atoms with Crippen LogP contribution in [-0.2, 0) is 16.0 Å². The second kappa shape index (κ2) is 5.39. The normalized spacial score (nSPS) is 24.8. The molecule has 2 aliphatic heterocycles. The fraction of sp³-hybridized carbons (Fsp3) is 0.500. The topological polar surface area (TPSA) is 66.6 Å². The summed E-state index contributed by atoms with van der Waals surface area (Å²) in [5, 5.41) is 0. The van der Waals surface area contributed by atoms with Crippen LogP contribution in [0.25, 0.3) is 0 Å². The third-order valence-electron chi connectivity index (χ3n) is 4.74. The Hall–Kier alpha value is -2.04. The molecular weight excluding hydrogens is 266 g/mol. The first-order valence-corrected chi connectivity index (χ1v) is 7.42. The summed E-state index contributed by atoms with van der Waals surface area (Å²) in [4.78, 5) is 27.0. The largest absolute Gasteiger partial charge is 0.399 e. The molecule has 1 spiro atoms. The summed E-state index contributed by atoms with van der Waals surface area (Å²) in [6.07, 6.45) is 3.36. The fourth-order valence-corrected chi connectivity index (χ4v) is 3.46. The van der Waals surface area contributed by atoms with Gasteiger partial charge < -0.3 is 15.5 Å². The van der Waals surface area contributed by atoms with E-state index in [2.05, 4.69) is 0 Å². The summed E-state index contributed by atoms with van der Waals surface area (Å²) in [6.45, 7) is 3.21. The number of nitrogens with zero attached hydrogens (tertiary/aromatic N) is 2. The van der Waals surface area contributed by atoms with Crippen LogP contribution in [0, 0.1) is 5.41 Å². The maximum Gasteiger partial charge on any atom is 0.227 e. The fourth-order valence-electron chi connectivity index (χ4n) is 3.46. The first kappa shape index (κ1) is 13.9. The Balaban J connectivity index is 1.60. The van der Waals surface area contributed by atoms with Crippen LogP contribution < -0.4 is 5.73 Å². The van der Waals surface area contributed by atoms with Crippen LogP contribution in [0.4, 0.5) is 5.69 Å². The van der Waals surface area contributed by atoms with E-state index in [9.17, 15) is 9.59 Å². The van der Waals surface area contributed by atoms with Crippen molar-refractivity contribution in [2.24, 2.45) is 5.41 Å². The van der Waals surface area contributed by atoms with E-state index >= 15 is 0 Å². The highest BCUT2D eigenvalue weighted by atomic mass is 16.2. The quantitative estimate of drug-likeness (QED) is 0.663. The van der Waals surface area contributed by atoms with Crippen molar-refractivity contribution >= 4 is 18.0 Å². The van der Waals surface area contributed by atoms with Gasteiger partial charge in [-0.2, -0.15) is 0 Å². The predicted molar refractivity (Wildman–Crippen MR) is 80.4 cm³/mol. The van der Waals surface area contributed by atoms with Crippen LogP contribution in [0.5, 0.6) is 0 Å². The number of anilines is 1. The van der Waals surface area contributed by atoms with Gasteiger partial charge in [0.1, 0.15) is 0 Å². The van der Waals surface area contributed by atoms with E-state index in [1.807, 2.05) is 34.1 Å². The number of rotatable bonds is 3. The van der Waals surface area contributed by atoms with E-state index in [1.165, 1.54) is 0 Å². The summed E-state index contributed by atoms with van der Waals surface area (Å²) in [6, 6.07) is 7.46. The maximum atomic E-state index is 12.4. The number of carbonyl (C=O) groups excluding carboxylic acids is 2. The minimum atomic E-state index is 0.137. The van der Waals surface area contributed by atoms with Gasteiger partial charge in [-0.15, -0.1) is 0 Å². The molecule has 0 aromatic heterocycles. The number of nitrogens with two attached hydrogens (primary N) is 1. The van der Waals surface area contributed by atoms with Crippen molar-refractivity contribution in [2.75, 3.05) is 31.9 Å². The van der Waals surface area contributed by atoms with Gasteiger partial charge in [-0.25, -0.2) is 0 Å². The van der Waals surface area contributed by atoms with Crippen molar-refractivity contribution in [3.8, 4) is 0 Å². The summed E-state index contributed by atoms with van der Waals surface area (Å²) in [5.74, 6) is 0.168. The minimum Gasteiger partial charge on any atom is -0.399 e. The van der Waals surface area contributed by atoms with Crippen molar-refractivity contribution in [2.45, 2.75) is 19.3 Å². The first-order chi connectivity index (χ1) is 10.1. The van der Waals surface area contributed by atoms with Crippen molar-refractivity contribution in [3.63, 3.8) is 0 Å². The number of hydrogen-bond donors (Lipinski definition) is 1. The van der Waals surface area contributed by atoms with Crippen LogP contribution >= 0.6 is 0 Å². The average molecular weight is 287 g/mol. The second-order valence-electron chi connectivity index (χ2n) is 6.31. The van der Waals surface area contributed by atoms with Crippen LogP contribution in [0.1, 0.15) is 18.4 Å². The zero-order valence-corrected chi connectivity index (χ0v) is 12.1. The molecule has 5 nitrogen and oxygen atoms in total. The molecule has 0 aliphatic carbocycles. The number of benzene rings is 1. The molecule has 2 amide bonds. The van der Waals surface area contributed by atoms with Gasteiger partial charge in [0.2, 0.25) is 12.3 Å². The molecule has 2 saturated heterocycles. The Kier molecular flexibility index (Phi) is 3.57.